The molecule has 0 saturated heterocycles. The van der Waals surface area contributed by atoms with Gasteiger partial charge in [-0.15, -0.1) is 0 Å². The predicted octanol–water partition coefficient (Wildman–Crippen LogP) is 10.4. The Morgan fingerprint density at radius 1 is 0.455 bits per heavy atom. The number of benzene rings is 6. The molecule has 4 heteroatoms. The summed E-state index contributed by atoms with van der Waals surface area (Å²) < 4.78 is 2.24. The van der Waals surface area contributed by atoms with Crippen LogP contribution in [0.1, 0.15) is 0 Å². The Morgan fingerprint density at radius 2 is 1.05 bits per heavy atom. The van der Waals surface area contributed by atoms with E-state index in [0.29, 0.717) is 0 Å². The van der Waals surface area contributed by atoms with Crippen LogP contribution >= 0.6 is 0 Å². The number of rotatable bonds is 6. The second kappa shape index (κ2) is 11.0. The Balaban J connectivity index is 1.15. The quantitative estimate of drug-likeness (QED) is 0.201. The van der Waals surface area contributed by atoms with Gasteiger partial charge in [0.05, 0.1) is 28.4 Å². The number of anilines is 3. The van der Waals surface area contributed by atoms with Gasteiger partial charge in [-0.3, -0.25) is 9.55 Å². The molecule has 0 N–H and O–H groups in total. The zero-order valence-corrected chi connectivity index (χ0v) is 24.0. The Labute approximate surface area is 256 Å². The van der Waals surface area contributed by atoms with Gasteiger partial charge in [-0.25, -0.2) is 4.98 Å². The van der Waals surface area contributed by atoms with Crippen molar-refractivity contribution in [3.05, 3.63) is 170 Å². The number of nitrogens with zero attached hydrogens (tertiary/aromatic N) is 4. The van der Waals surface area contributed by atoms with Gasteiger partial charge in [0.2, 0.25) is 0 Å². The summed E-state index contributed by atoms with van der Waals surface area (Å²) in [7, 11) is 0. The van der Waals surface area contributed by atoms with Gasteiger partial charge in [-0.1, -0.05) is 103 Å². The molecule has 0 saturated carbocycles. The zero-order chi connectivity index (χ0) is 29.3. The van der Waals surface area contributed by atoms with Gasteiger partial charge in [0, 0.05) is 28.0 Å². The van der Waals surface area contributed by atoms with E-state index < -0.39 is 0 Å². The molecular weight excluding hydrogens is 536 g/mol. The van der Waals surface area contributed by atoms with Crippen LogP contribution in [0.25, 0.3) is 50.1 Å². The molecule has 2 heterocycles. The second-order valence-corrected chi connectivity index (χ2v) is 10.8. The van der Waals surface area contributed by atoms with Gasteiger partial charge in [-0.2, -0.15) is 0 Å². The maximum atomic E-state index is 4.99. The Kier molecular flexibility index (Phi) is 6.43. The first-order valence-corrected chi connectivity index (χ1v) is 14.8. The van der Waals surface area contributed by atoms with E-state index in [4.69, 9.17) is 9.97 Å². The summed E-state index contributed by atoms with van der Waals surface area (Å²) in [4.78, 5) is 12.0. The van der Waals surface area contributed by atoms with E-state index >= 15 is 0 Å². The van der Waals surface area contributed by atoms with Gasteiger partial charge < -0.3 is 4.90 Å². The monoisotopic (exact) mass is 564 g/mol. The van der Waals surface area contributed by atoms with E-state index in [9.17, 15) is 0 Å². The van der Waals surface area contributed by atoms with Gasteiger partial charge in [0.15, 0.2) is 0 Å². The molecule has 0 fully saturated rings. The van der Waals surface area contributed by atoms with Gasteiger partial charge in [0.1, 0.15) is 5.82 Å². The first-order valence-electron chi connectivity index (χ1n) is 14.8. The number of hydrogen-bond donors (Lipinski definition) is 0. The lowest BCUT2D eigenvalue weighted by Crippen LogP contribution is -2.10. The molecule has 0 aliphatic rings. The van der Waals surface area contributed by atoms with Gasteiger partial charge in [0.25, 0.3) is 0 Å². The van der Waals surface area contributed by atoms with E-state index in [-0.39, 0.29) is 0 Å². The third-order valence-electron chi connectivity index (χ3n) is 8.03. The third-order valence-corrected chi connectivity index (χ3v) is 8.03. The highest BCUT2D eigenvalue weighted by atomic mass is 15.1. The number of aromatic nitrogens is 3. The van der Waals surface area contributed by atoms with Crippen LogP contribution in [0.15, 0.2) is 170 Å². The lowest BCUT2D eigenvalue weighted by Gasteiger charge is -2.25. The second-order valence-electron chi connectivity index (χ2n) is 10.8. The van der Waals surface area contributed by atoms with E-state index in [1.807, 2.05) is 36.5 Å². The smallest absolute Gasteiger partial charge is 0.145 e. The highest BCUT2D eigenvalue weighted by Crippen LogP contribution is 2.36. The van der Waals surface area contributed by atoms with Crippen molar-refractivity contribution >= 4 is 39.0 Å². The molecule has 0 aliphatic heterocycles. The molecule has 44 heavy (non-hydrogen) atoms. The van der Waals surface area contributed by atoms with Crippen LogP contribution in [0.4, 0.5) is 17.1 Å². The first kappa shape index (κ1) is 25.7. The number of para-hydroxylation sites is 4. The molecule has 2 aromatic heterocycles. The normalized spacial score (nSPS) is 11.2. The SMILES string of the molecule is c1ccc(-c2nc3ccccc3n2-c2ccc(-c3ccc(N(c4ccccc4)c4cnc5ccccc5c4)cc3)cc2)cc1. The number of imidazole rings is 1. The summed E-state index contributed by atoms with van der Waals surface area (Å²) in [6, 6.07) is 57.0. The van der Waals surface area contributed by atoms with Crippen molar-refractivity contribution in [2.45, 2.75) is 0 Å². The zero-order valence-electron chi connectivity index (χ0n) is 24.0. The van der Waals surface area contributed by atoms with Crippen molar-refractivity contribution in [3.8, 4) is 28.2 Å². The predicted molar refractivity (Wildman–Crippen MR) is 182 cm³/mol. The van der Waals surface area contributed by atoms with Crippen molar-refractivity contribution in [1.29, 1.82) is 0 Å². The summed E-state index contributed by atoms with van der Waals surface area (Å²) in [5.41, 5.74) is 10.7. The van der Waals surface area contributed by atoms with Gasteiger partial charge >= 0.3 is 0 Å². The van der Waals surface area contributed by atoms with Crippen molar-refractivity contribution in [2.75, 3.05) is 4.90 Å². The standard InChI is InChI=1S/C40H28N4/c1-3-11-31(12-4-1)40-42-38-17-9-10-18-39(38)44(40)35-25-21-30(22-26-35)29-19-23-34(24-20-29)43(33-14-5-2-6-15-33)36-27-32-13-7-8-16-37(32)41-28-36/h1-28H. The molecule has 4 nitrogen and oxygen atoms in total. The molecule has 8 aromatic rings. The number of hydrogen-bond acceptors (Lipinski definition) is 3. The molecule has 0 aliphatic carbocycles. The largest absolute Gasteiger partial charge is 0.309 e. The number of fused-ring (bicyclic) bond motifs is 2. The minimum Gasteiger partial charge on any atom is -0.309 e. The summed E-state index contributed by atoms with van der Waals surface area (Å²) in [6.07, 6.45) is 1.95. The molecular formula is C40H28N4. The molecule has 8 rings (SSSR count). The van der Waals surface area contributed by atoms with E-state index in [2.05, 4.69) is 143 Å². The van der Waals surface area contributed by atoms with E-state index in [0.717, 1.165) is 67.2 Å². The fraction of sp³-hybridized carbons (Fsp3) is 0. The van der Waals surface area contributed by atoms with Crippen molar-refractivity contribution in [2.24, 2.45) is 0 Å². The van der Waals surface area contributed by atoms with Gasteiger partial charge in [-0.05, 0) is 71.8 Å². The topological polar surface area (TPSA) is 34.0 Å². The molecule has 0 amide bonds. The summed E-state index contributed by atoms with van der Waals surface area (Å²) in [5, 5.41) is 1.11. The fourth-order valence-electron chi connectivity index (χ4n) is 5.88. The molecule has 208 valence electrons. The highest BCUT2D eigenvalue weighted by Gasteiger charge is 2.16. The first-order chi connectivity index (χ1) is 21.8. The Hall–Kier alpha value is -6.00. The van der Waals surface area contributed by atoms with Crippen LogP contribution in [0.3, 0.4) is 0 Å². The fourth-order valence-corrected chi connectivity index (χ4v) is 5.88. The van der Waals surface area contributed by atoms with E-state index in [1.54, 1.807) is 0 Å². The average Bonchev–Trinajstić information content (AvgIpc) is 3.49. The summed E-state index contributed by atoms with van der Waals surface area (Å²) in [6.45, 7) is 0. The van der Waals surface area contributed by atoms with Crippen molar-refractivity contribution in [3.63, 3.8) is 0 Å². The molecule has 0 unspecified atom stereocenters. The Morgan fingerprint density at radius 3 is 1.80 bits per heavy atom. The molecule has 0 atom stereocenters. The highest BCUT2D eigenvalue weighted by molar-refractivity contribution is 5.87. The van der Waals surface area contributed by atoms with Crippen LogP contribution in [0, 0.1) is 0 Å². The minimum absolute atomic E-state index is 0.938. The molecule has 0 radical (unpaired) electrons. The van der Waals surface area contributed by atoms with Crippen LogP contribution in [-0.4, -0.2) is 14.5 Å². The minimum atomic E-state index is 0.938. The third kappa shape index (κ3) is 4.69. The van der Waals surface area contributed by atoms with Crippen LogP contribution in [0.2, 0.25) is 0 Å². The van der Waals surface area contributed by atoms with Crippen molar-refractivity contribution in [1.82, 2.24) is 14.5 Å². The van der Waals surface area contributed by atoms with Crippen LogP contribution < -0.4 is 4.90 Å². The maximum Gasteiger partial charge on any atom is 0.145 e. The van der Waals surface area contributed by atoms with Crippen LogP contribution in [0.5, 0.6) is 0 Å². The molecule has 0 spiro atoms. The summed E-state index contributed by atoms with van der Waals surface area (Å²) >= 11 is 0. The lowest BCUT2D eigenvalue weighted by atomic mass is 10.0. The maximum absolute atomic E-state index is 4.99. The van der Waals surface area contributed by atoms with Crippen molar-refractivity contribution < 1.29 is 0 Å². The average molecular weight is 565 g/mol. The number of pyridine rings is 1. The van der Waals surface area contributed by atoms with E-state index in [1.165, 1.54) is 0 Å². The molecule has 6 aromatic carbocycles. The lowest BCUT2D eigenvalue weighted by molar-refractivity contribution is 1.10. The van der Waals surface area contributed by atoms with Crippen LogP contribution in [-0.2, 0) is 0 Å². The molecule has 0 bridgehead atoms. The summed E-state index contributed by atoms with van der Waals surface area (Å²) in [5.74, 6) is 0.938. The Bertz CT molecular complexity index is 2200.